The predicted octanol–water partition coefficient (Wildman–Crippen LogP) is 2.58. The minimum absolute atomic E-state index is 0.00858. The van der Waals surface area contributed by atoms with Crippen molar-refractivity contribution in [2.24, 2.45) is 5.92 Å². The number of nitrogens with one attached hydrogen (secondary N) is 3. The summed E-state index contributed by atoms with van der Waals surface area (Å²) in [6, 6.07) is 14.0. The van der Waals surface area contributed by atoms with Crippen LogP contribution in [0.1, 0.15) is 28.8 Å². The monoisotopic (exact) mass is 351 g/mol. The molecule has 0 bridgehead atoms. The van der Waals surface area contributed by atoms with Crippen LogP contribution in [0.4, 0.5) is 11.4 Å². The van der Waals surface area contributed by atoms with Gasteiger partial charge in [0.1, 0.15) is 0 Å². The van der Waals surface area contributed by atoms with E-state index in [9.17, 15) is 14.4 Å². The van der Waals surface area contributed by atoms with E-state index < -0.39 is 0 Å². The zero-order valence-corrected chi connectivity index (χ0v) is 14.5. The molecule has 3 amide bonds. The summed E-state index contributed by atoms with van der Waals surface area (Å²) < 4.78 is 0. The number of amides is 3. The van der Waals surface area contributed by atoms with Crippen molar-refractivity contribution < 1.29 is 14.4 Å². The molecule has 1 saturated carbocycles. The Balaban J connectivity index is 1.62. The first kappa shape index (κ1) is 17.7. The minimum Gasteiger partial charge on any atom is -0.359 e. The van der Waals surface area contributed by atoms with Crippen molar-refractivity contribution in [3.05, 3.63) is 59.7 Å². The van der Waals surface area contributed by atoms with Crippen LogP contribution in [0.3, 0.4) is 0 Å². The Morgan fingerprint density at radius 3 is 2.35 bits per heavy atom. The molecule has 3 N–H and O–H groups in total. The van der Waals surface area contributed by atoms with Crippen molar-refractivity contribution in [3.63, 3.8) is 0 Å². The van der Waals surface area contributed by atoms with Crippen LogP contribution >= 0.6 is 0 Å². The summed E-state index contributed by atoms with van der Waals surface area (Å²) in [5.74, 6) is -0.200. The van der Waals surface area contributed by atoms with Gasteiger partial charge in [-0.3, -0.25) is 14.4 Å². The van der Waals surface area contributed by atoms with E-state index in [-0.39, 0.29) is 23.6 Å². The maximum Gasteiger partial charge on any atom is 0.255 e. The lowest BCUT2D eigenvalue weighted by atomic mass is 10.1. The van der Waals surface area contributed by atoms with Gasteiger partial charge < -0.3 is 16.0 Å². The molecule has 0 spiro atoms. The van der Waals surface area contributed by atoms with E-state index in [0.717, 1.165) is 18.4 Å². The molecule has 0 atom stereocenters. The molecule has 0 radical (unpaired) electrons. The molecule has 1 fully saturated rings. The standard InChI is InChI=1S/C20H21N3O3/c1-21-18(24)11-13-5-9-16(10-6-13)22-20(26)15-3-2-4-17(12-15)23-19(25)14-7-8-14/h2-6,9-10,12,14H,7-8,11H2,1H3,(H,21,24)(H,22,26)(H,23,25). The Bertz CT molecular complexity index is 826. The van der Waals surface area contributed by atoms with Gasteiger partial charge in [-0.15, -0.1) is 0 Å². The average Bonchev–Trinajstić information content (AvgIpc) is 3.48. The first-order chi connectivity index (χ1) is 12.5. The topological polar surface area (TPSA) is 87.3 Å². The summed E-state index contributed by atoms with van der Waals surface area (Å²) in [6.07, 6.45) is 2.16. The summed E-state index contributed by atoms with van der Waals surface area (Å²) in [7, 11) is 1.60. The van der Waals surface area contributed by atoms with E-state index in [1.807, 2.05) is 0 Å². The van der Waals surface area contributed by atoms with Crippen molar-refractivity contribution in [2.75, 3.05) is 17.7 Å². The average molecular weight is 351 g/mol. The van der Waals surface area contributed by atoms with E-state index in [4.69, 9.17) is 0 Å². The van der Waals surface area contributed by atoms with Gasteiger partial charge in [-0.1, -0.05) is 18.2 Å². The molecule has 0 heterocycles. The molecule has 0 aromatic heterocycles. The molecule has 6 heteroatoms. The molecule has 1 aliphatic carbocycles. The summed E-state index contributed by atoms with van der Waals surface area (Å²) in [5, 5.41) is 8.23. The second-order valence-electron chi connectivity index (χ2n) is 6.35. The van der Waals surface area contributed by atoms with Crippen LogP contribution in [0.2, 0.25) is 0 Å². The first-order valence-electron chi connectivity index (χ1n) is 8.57. The zero-order chi connectivity index (χ0) is 18.5. The second-order valence-corrected chi connectivity index (χ2v) is 6.35. The summed E-state index contributed by atoms with van der Waals surface area (Å²) in [6.45, 7) is 0. The Kier molecular flexibility index (Phi) is 5.31. The van der Waals surface area contributed by atoms with Crippen molar-refractivity contribution >= 4 is 29.1 Å². The van der Waals surface area contributed by atoms with Crippen molar-refractivity contribution in [1.29, 1.82) is 0 Å². The molecule has 2 aromatic carbocycles. The lowest BCUT2D eigenvalue weighted by Gasteiger charge is -2.09. The molecular weight excluding hydrogens is 330 g/mol. The number of carbonyl (C=O) groups is 3. The van der Waals surface area contributed by atoms with Gasteiger partial charge in [-0.25, -0.2) is 0 Å². The zero-order valence-electron chi connectivity index (χ0n) is 14.5. The normalized spacial score (nSPS) is 13.0. The minimum atomic E-state index is -0.258. The Morgan fingerprint density at radius 2 is 1.69 bits per heavy atom. The van der Waals surface area contributed by atoms with Gasteiger partial charge in [0, 0.05) is 29.9 Å². The van der Waals surface area contributed by atoms with Crippen molar-refractivity contribution in [2.45, 2.75) is 19.3 Å². The lowest BCUT2D eigenvalue weighted by molar-refractivity contribution is -0.120. The van der Waals surface area contributed by atoms with Crippen LogP contribution in [0.25, 0.3) is 0 Å². The Hall–Kier alpha value is -3.15. The number of benzene rings is 2. The number of hydrogen-bond acceptors (Lipinski definition) is 3. The fourth-order valence-corrected chi connectivity index (χ4v) is 2.51. The number of carbonyl (C=O) groups excluding carboxylic acids is 3. The first-order valence-corrected chi connectivity index (χ1v) is 8.57. The fraction of sp³-hybridized carbons (Fsp3) is 0.250. The molecule has 6 nitrogen and oxygen atoms in total. The molecule has 2 aromatic rings. The van der Waals surface area contributed by atoms with E-state index in [0.29, 0.717) is 23.4 Å². The van der Waals surface area contributed by atoms with Gasteiger partial charge >= 0.3 is 0 Å². The molecular formula is C20H21N3O3. The molecule has 3 rings (SSSR count). The van der Waals surface area contributed by atoms with Crippen LogP contribution in [0.5, 0.6) is 0 Å². The SMILES string of the molecule is CNC(=O)Cc1ccc(NC(=O)c2cccc(NC(=O)C3CC3)c2)cc1. The van der Waals surface area contributed by atoms with Crippen LogP contribution in [0.15, 0.2) is 48.5 Å². The maximum absolute atomic E-state index is 12.4. The highest BCUT2D eigenvalue weighted by atomic mass is 16.2. The third-order valence-corrected chi connectivity index (χ3v) is 4.20. The molecule has 26 heavy (non-hydrogen) atoms. The molecule has 0 saturated heterocycles. The van der Waals surface area contributed by atoms with Crippen LogP contribution in [0, 0.1) is 5.92 Å². The lowest BCUT2D eigenvalue weighted by Crippen LogP contribution is -2.19. The van der Waals surface area contributed by atoms with Gasteiger partial charge in [-0.05, 0) is 48.7 Å². The quantitative estimate of drug-likeness (QED) is 0.747. The summed E-state index contributed by atoms with van der Waals surface area (Å²) >= 11 is 0. The molecule has 0 aliphatic heterocycles. The summed E-state index contributed by atoms with van der Waals surface area (Å²) in [5.41, 5.74) is 2.60. The fourth-order valence-electron chi connectivity index (χ4n) is 2.51. The van der Waals surface area contributed by atoms with E-state index >= 15 is 0 Å². The number of likely N-dealkylation sites (N-methyl/N-ethyl adjacent to an activating group) is 1. The van der Waals surface area contributed by atoms with E-state index in [1.165, 1.54) is 0 Å². The third kappa shape index (κ3) is 4.69. The number of rotatable bonds is 6. The molecule has 134 valence electrons. The third-order valence-electron chi connectivity index (χ3n) is 4.20. The van der Waals surface area contributed by atoms with E-state index in [2.05, 4.69) is 16.0 Å². The largest absolute Gasteiger partial charge is 0.359 e. The van der Waals surface area contributed by atoms with Gasteiger partial charge in [0.2, 0.25) is 11.8 Å². The van der Waals surface area contributed by atoms with Crippen LogP contribution in [-0.2, 0) is 16.0 Å². The van der Waals surface area contributed by atoms with Gasteiger partial charge in [0.15, 0.2) is 0 Å². The van der Waals surface area contributed by atoms with Gasteiger partial charge in [-0.2, -0.15) is 0 Å². The van der Waals surface area contributed by atoms with Crippen molar-refractivity contribution in [1.82, 2.24) is 5.32 Å². The number of hydrogen-bond donors (Lipinski definition) is 3. The highest BCUT2D eigenvalue weighted by molar-refractivity contribution is 6.05. The van der Waals surface area contributed by atoms with E-state index in [1.54, 1.807) is 55.6 Å². The van der Waals surface area contributed by atoms with Gasteiger partial charge in [0.05, 0.1) is 6.42 Å². The second kappa shape index (κ2) is 7.82. The maximum atomic E-state index is 12.4. The Labute approximate surface area is 152 Å². The highest BCUT2D eigenvalue weighted by Crippen LogP contribution is 2.30. The number of anilines is 2. The predicted molar refractivity (Wildman–Crippen MR) is 100.0 cm³/mol. The summed E-state index contributed by atoms with van der Waals surface area (Å²) in [4.78, 5) is 35.6. The molecule has 1 aliphatic rings. The van der Waals surface area contributed by atoms with Gasteiger partial charge in [0.25, 0.3) is 5.91 Å². The van der Waals surface area contributed by atoms with Crippen molar-refractivity contribution in [3.8, 4) is 0 Å². The Morgan fingerprint density at radius 1 is 0.962 bits per heavy atom. The highest BCUT2D eigenvalue weighted by Gasteiger charge is 2.29. The van der Waals surface area contributed by atoms with Crippen LogP contribution in [-0.4, -0.2) is 24.8 Å². The smallest absolute Gasteiger partial charge is 0.255 e. The van der Waals surface area contributed by atoms with Crippen LogP contribution < -0.4 is 16.0 Å². The molecule has 0 unspecified atom stereocenters.